The van der Waals surface area contributed by atoms with Gasteiger partial charge in [0.15, 0.2) is 0 Å². The van der Waals surface area contributed by atoms with E-state index < -0.39 is 11.7 Å². The molecule has 1 rings (SSSR count). The number of likely N-dealkylation sites (N-methyl/N-ethyl adjacent to an activating group) is 1. The summed E-state index contributed by atoms with van der Waals surface area (Å²) in [6.07, 6.45) is -4.43. The summed E-state index contributed by atoms with van der Waals surface area (Å²) >= 11 is 0. The number of nitrogens with two attached hydrogens (primary N) is 1. The predicted octanol–water partition coefficient (Wildman–Crippen LogP) is 1.75. The fourth-order valence-corrected chi connectivity index (χ4v) is 1.29. The van der Waals surface area contributed by atoms with E-state index in [2.05, 4.69) is 15.7 Å². The molecule has 1 aromatic heterocycles. The minimum absolute atomic E-state index is 0.0326. The number of anilines is 2. The molecule has 1 heterocycles. The second-order valence-electron chi connectivity index (χ2n) is 4.46. The molecular weight excluding hydrogens is 259 g/mol. The predicted molar refractivity (Wildman–Crippen MR) is 68.7 cm³/mol. The monoisotopic (exact) mass is 277 g/mol. The van der Waals surface area contributed by atoms with Crippen LogP contribution < -0.4 is 16.6 Å². The molecule has 8 heteroatoms. The summed E-state index contributed by atoms with van der Waals surface area (Å²) in [5, 5.41) is 2.86. The number of nitrogens with one attached hydrogen (secondary N) is 2. The second kappa shape index (κ2) is 6.07. The van der Waals surface area contributed by atoms with Crippen molar-refractivity contribution in [1.82, 2.24) is 9.88 Å². The average molecular weight is 277 g/mol. The number of rotatable bonds is 5. The van der Waals surface area contributed by atoms with E-state index >= 15 is 0 Å². The van der Waals surface area contributed by atoms with Crippen LogP contribution in [0.2, 0.25) is 0 Å². The number of hydrogen-bond donors (Lipinski definition) is 3. The summed E-state index contributed by atoms with van der Waals surface area (Å²) in [6.45, 7) is 2.42. The van der Waals surface area contributed by atoms with Crippen molar-refractivity contribution >= 4 is 11.6 Å². The van der Waals surface area contributed by atoms with E-state index in [0.717, 1.165) is 12.1 Å². The van der Waals surface area contributed by atoms with E-state index in [1.165, 1.54) is 0 Å². The summed E-state index contributed by atoms with van der Waals surface area (Å²) in [6, 6.07) is 1.98. The number of nitrogens with zero attached hydrogens (tertiary/aromatic N) is 2. The van der Waals surface area contributed by atoms with Gasteiger partial charge in [-0.2, -0.15) is 13.2 Å². The Morgan fingerprint density at radius 2 is 1.89 bits per heavy atom. The van der Waals surface area contributed by atoms with Crippen molar-refractivity contribution in [2.75, 3.05) is 31.4 Å². The Labute approximate surface area is 110 Å². The van der Waals surface area contributed by atoms with Gasteiger partial charge in [0.25, 0.3) is 0 Å². The van der Waals surface area contributed by atoms with Crippen molar-refractivity contribution in [3.8, 4) is 0 Å². The van der Waals surface area contributed by atoms with Crippen LogP contribution in [-0.2, 0) is 6.18 Å². The van der Waals surface area contributed by atoms with Crippen LogP contribution in [0.3, 0.4) is 0 Å². The number of nitrogen functional groups attached to an aromatic ring is 1. The molecule has 0 amide bonds. The van der Waals surface area contributed by atoms with Crippen LogP contribution in [0, 0.1) is 0 Å². The molecule has 0 fully saturated rings. The number of alkyl halides is 3. The Morgan fingerprint density at radius 1 is 1.32 bits per heavy atom. The van der Waals surface area contributed by atoms with Crippen LogP contribution in [0.4, 0.5) is 24.8 Å². The molecule has 4 N–H and O–H groups in total. The van der Waals surface area contributed by atoms with Gasteiger partial charge in [-0.3, -0.25) is 0 Å². The third-order valence-electron chi connectivity index (χ3n) is 2.76. The first kappa shape index (κ1) is 15.5. The van der Waals surface area contributed by atoms with Crippen LogP contribution in [0.15, 0.2) is 12.1 Å². The lowest BCUT2D eigenvalue weighted by Crippen LogP contribution is -2.31. The quantitative estimate of drug-likeness (QED) is 0.565. The highest BCUT2D eigenvalue weighted by atomic mass is 19.4. The molecule has 0 saturated carbocycles. The van der Waals surface area contributed by atoms with Gasteiger partial charge in [0, 0.05) is 12.6 Å². The molecule has 1 aromatic rings. The van der Waals surface area contributed by atoms with E-state index in [1.807, 2.05) is 25.9 Å². The maximum absolute atomic E-state index is 12.7. The minimum Gasteiger partial charge on any atom is -0.368 e. The normalized spacial score (nSPS) is 13.5. The molecule has 5 nitrogen and oxygen atoms in total. The fraction of sp³-hybridized carbons (Fsp3) is 0.545. The zero-order chi connectivity index (χ0) is 14.6. The van der Waals surface area contributed by atoms with E-state index in [-0.39, 0.29) is 17.7 Å². The van der Waals surface area contributed by atoms with Gasteiger partial charge in [0.1, 0.15) is 11.6 Å². The van der Waals surface area contributed by atoms with Crippen molar-refractivity contribution in [3.63, 3.8) is 0 Å². The molecule has 19 heavy (non-hydrogen) atoms. The highest BCUT2D eigenvalue weighted by Crippen LogP contribution is 2.31. The van der Waals surface area contributed by atoms with Gasteiger partial charge < -0.3 is 15.6 Å². The van der Waals surface area contributed by atoms with E-state index in [4.69, 9.17) is 5.84 Å². The lowest BCUT2D eigenvalue weighted by molar-refractivity contribution is -0.137. The Kier molecular flexibility index (Phi) is 4.96. The summed E-state index contributed by atoms with van der Waals surface area (Å²) in [5.74, 6) is 5.22. The minimum atomic E-state index is -4.43. The highest BCUT2D eigenvalue weighted by Gasteiger charge is 2.31. The molecule has 0 saturated heterocycles. The summed E-state index contributed by atoms with van der Waals surface area (Å²) in [5.41, 5.74) is 1.33. The van der Waals surface area contributed by atoms with Crippen molar-refractivity contribution < 1.29 is 13.2 Å². The van der Waals surface area contributed by atoms with Gasteiger partial charge in [-0.05, 0) is 33.2 Å². The zero-order valence-electron chi connectivity index (χ0n) is 11.0. The zero-order valence-corrected chi connectivity index (χ0v) is 11.0. The SMILES string of the molecule is CC(CNc1cc(C(F)(F)F)cc(NN)n1)N(C)C. The van der Waals surface area contributed by atoms with Crippen molar-refractivity contribution in [2.24, 2.45) is 5.84 Å². The lowest BCUT2D eigenvalue weighted by atomic mass is 10.2. The average Bonchev–Trinajstić information content (AvgIpc) is 2.34. The van der Waals surface area contributed by atoms with Crippen molar-refractivity contribution in [2.45, 2.75) is 19.1 Å². The van der Waals surface area contributed by atoms with Crippen molar-refractivity contribution in [1.29, 1.82) is 0 Å². The first-order chi connectivity index (χ1) is 8.74. The topological polar surface area (TPSA) is 66.2 Å². The molecule has 0 aromatic carbocycles. The summed E-state index contributed by atoms with van der Waals surface area (Å²) in [4.78, 5) is 5.88. The van der Waals surface area contributed by atoms with Crippen LogP contribution in [0.5, 0.6) is 0 Å². The summed E-state index contributed by atoms with van der Waals surface area (Å²) < 4.78 is 38.0. The molecule has 0 radical (unpaired) electrons. The Morgan fingerprint density at radius 3 is 2.37 bits per heavy atom. The van der Waals surface area contributed by atoms with Crippen molar-refractivity contribution in [3.05, 3.63) is 17.7 Å². The van der Waals surface area contributed by atoms with Gasteiger partial charge in [0.2, 0.25) is 0 Å². The first-order valence-electron chi connectivity index (χ1n) is 5.70. The maximum Gasteiger partial charge on any atom is 0.416 e. The third-order valence-corrected chi connectivity index (χ3v) is 2.76. The van der Waals surface area contributed by atoms with Crippen LogP contribution in [0.1, 0.15) is 12.5 Å². The van der Waals surface area contributed by atoms with Gasteiger partial charge in [-0.25, -0.2) is 10.8 Å². The van der Waals surface area contributed by atoms with E-state index in [0.29, 0.717) is 6.54 Å². The number of hydrazine groups is 1. The van der Waals surface area contributed by atoms with Gasteiger partial charge in [-0.1, -0.05) is 0 Å². The number of aromatic nitrogens is 1. The van der Waals surface area contributed by atoms with Crippen LogP contribution >= 0.6 is 0 Å². The van der Waals surface area contributed by atoms with Crippen LogP contribution in [0.25, 0.3) is 0 Å². The second-order valence-corrected chi connectivity index (χ2v) is 4.46. The fourth-order valence-electron chi connectivity index (χ4n) is 1.29. The van der Waals surface area contributed by atoms with Gasteiger partial charge in [-0.15, -0.1) is 0 Å². The Bertz CT molecular complexity index is 419. The molecule has 0 aliphatic carbocycles. The smallest absolute Gasteiger partial charge is 0.368 e. The molecular formula is C11H18F3N5. The van der Waals surface area contributed by atoms with E-state index in [1.54, 1.807) is 0 Å². The number of hydrogen-bond acceptors (Lipinski definition) is 5. The number of halogens is 3. The summed E-state index contributed by atoms with van der Waals surface area (Å²) in [7, 11) is 3.78. The number of pyridine rings is 1. The molecule has 1 atom stereocenters. The standard InChI is InChI=1S/C11H18F3N5/c1-7(19(2)3)6-16-9-4-8(11(12,13)14)5-10(17-9)18-15/h4-5,7H,6,15H2,1-3H3,(H2,16,17,18). The largest absolute Gasteiger partial charge is 0.416 e. The highest BCUT2D eigenvalue weighted by molar-refractivity contribution is 5.49. The molecule has 0 bridgehead atoms. The molecule has 0 aliphatic heterocycles. The maximum atomic E-state index is 12.7. The molecule has 108 valence electrons. The molecule has 0 aliphatic rings. The lowest BCUT2D eigenvalue weighted by Gasteiger charge is -2.20. The Balaban J connectivity index is 2.89. The van der Waals surface area contributed by atoms with Crippen LogP contribution in [-0.4, -0.2) is 36.6 Å². The first-order valence-corrected chi connectivity index (χ1v) is 5.70. The Hall–Kier alpha value is -1.54. The molecule has 0 spiro atoms. The third kappa shape index (κ3) is 4.56. The molecule has 1 unspecified atom stereocenters. The van der Waals surface area contributed by atoms with Gasteiger partial charge >= 0.3 is 6.18 Å². The van der Waals surface area contributed by atoms with E-state index in [9.17, 15) is 13.2 Å². The van der Waals surface area contributed by atoms with Gasteiger partial charge in [0.05, 0.1) is 5.56 Å².